The van der Waals surface area contributed by atoms with Gasteiger partial charge in [0.1, 0.15) is 0 Å². The molecule has 0 radical (unpaired) electrons. The summed E-state index contributed by atoms with van der Waals surface area (Å²) in [7, 11) is -3.67. The van der Waals surface area contributed by atoms with Crippen LogP contribution in [0.15, 0.2) is 53.4 Å². The molecule has 2 amide bonds. The number of hydrogen-bond acceptors (Lipinski definition) is 4. The second-order valence-electron chi connectivity index (χ2n) is 6.49. The van der Waals surface area contributed by atoms with Crippen LogP contribution in [-0.4, -0.2) is 26.8 Å². The lowest BCUT2D eigenvalue weighted by molar-refractivity contribution is -0.114. The Kier molecular flexibility index (Phi) is 6.70. The fourth-order valence-corrected chi connectivity index (χ4v) is 3.47. The molecule has 0 fully saturated rings. The van der Waals surface area contributed by atoms with Gasteiger partial charge in [0.25, 0.3) is 5.91 Å². The first-order valence-corrected chi connectivity index (χ1v) is 9.94. The largest absolute Gasteiger partial charge is 0.326 e. The number of sulfonamides is 1. The molecule has 2 aromatic carbocycles. The van der Waals surface area contributed by atoms with Crippen LogP contribution < -0.4 is 15.4 Å². The first-order valence-electron chi connectivity index (χ1n) is 8.46. The average molecular weight is 389 g/mol. The number of nitrogens with one attached hydrogen (secondary N) is 3. The molecule has 0 unspecified atom stereocenters. The summed E-state index contributed by atoms with van der Waals surface area (Å²) in [5, 5.41) is 5.34. The third kappa shape index (κ3) is 6.19. The van der Waals surface area contributed by atoms with Crippen LogP contribution in [0.3, 0.4) is 0 Å². The molecule has 0 saturated carbocycles. The van der Waals surface area contributed by atoms with Gasteiger partial charge in [0.2, 0.25) is 15.9 Å². The van der Waals surface area contributed by atoms with Crippen LogP contribution in [0.5, 0.6) is 0 Å². The number of hydrogen-bond donors (Lipinski definition) is 3. The fourth-order valence-electron chi connectivity index (χ4n) is 2.21. The summed E-state index contributed by atoms with van der Waals surface area (Å²) in [4.78, 5) is 23.5. The van der Waals surface area contributed by atoms with E-state index in [0.29, 0.717) is 17.9 Å². The Hall–Kier alpha value is -2.71. The van der Waals surface area contributed by atoms with Crippen LogP contribution >= 0.6 is 0 Å². The van der Waals surface area contributed by atoms with Crippen molar-refractivity contribution in [1.82, 2.24) is 4.72 Å². The number of amides is 2. The van der Waals surface area contributed by atoms with Crippen LogP contribution in [-0.2, 0) is 14.8 Å². The zero-order valence-corrected chi connectivity index (χ0v) is 16.3. The smallest absolute Gasteiger partial charge is 0.255 e. The van der Waals surface area contributed by atoms with Gasteiger partial charge < -0.3 is 10.6 Å². The molecular weight excluding hydrogens is 366 g/mol. The SMILES string of the molecule is CC(=O)Nc1ccc(NC(=O)c2cccc(S(=O)(=O)NCC(C)C)c2)cc1. The zero-order valence-electron chi connectivity index (χ0n) is 15.4. The highest BCUT2D eigenvalue weighted by molar-refractivity contribution is 7.89. The summed E-state index contributed by atoms with van der Waals surface area (Å²) in [6.07, 6.45) is 0. The highest BCUT2D eigenvalue weighted by Gasteiger charge is 2.16. The minimum atomic E-state index is -3.67. The minimum absolute atomic E-state index is 0.0387. The predicted octanol–water partition coefficient (Wildman–Crippen LogP) is 2.83. The molecule has 144 valence electrons. The molecule has 0 spiro atoms. The molecule has 0 atom stereocenters. The summed E-state index contributed by atoms with van der Waals surface area (Å²) in [5.41, 5.74) is 1.37. The molecule has 0 aliphatic carbocycles. The maximum absolute atomic E-state index is 12.4. The van der Waals surface area contributed by atoms with Gasteiger partial charge in [0.05, 0.1) is 4.90 Å². The number of carbonyl (C=O) groups excluding carboxylic acids is 2. The normalized spacial score (nSPS) is 11.3. The topological polar surface area (TPSA) is 104 Å². The van der Waals surface area contributed by atoms with Gasteiger partial charge in [-0.2, -0.15) is 0 Å². The highest BCUT2D eigenvalue weighted by atomic mass is 32.2. The quantitative estimate of drug-likeness (QED) is 0.677. The molecule has 27 heavy (non-hydrogen) atoms. The molecule has 0 aliphatic heterocycles. The lowest BCUT2D eigenvalue weighted by Crippen LogP contribution is -2.27. The van der Waals surface area contributed by atoms with Gasteiger partial charge in [-0.1, -0.05) is 19.9 Å². The van der Waals surface area contributed by atoms with E-state index in [1.807, 2.05) is 13.8 Å². The van der Waals surface area contributed by atoms with Crippen LogP contribution in [0.2, 0.25) is 0 Å². The van der Waals surface area contributed by atoms with Gasteiger partial charge in [0.15, 0.2) is 0 Å². The van der Waals surface area contributed by atoms with E-state index in [0.717, 1.165) is 0 Å². The Morgan fingerprint density at radius 3 is 2.11 bits per heavy atom. The molecular formula is C19H23N3O4S. The summed E-state index contributed by atoms with van der Waals surface area (Å²) in [5.74, 6) is -0.439. The fraction of sp³-hybridized carbons (Fsp3) is 0.263. The van der Waals surface area contributed by atoms with Crippen molar-refractivity contribution in [3.63, 3.8) is 0 Å². The van der Waals surface area contributed by atoms with E-state index < -0.39 is 15.9 Å². The van der Waals surface area contributed by atoms with Gasteiger partial charge >= 0.3 is 0 Å². The molecule has 0 heterocycles. The van der Waals surface area contributed by atoms with Crippen molar-refractivity contribution in [2.75, 3.05) is 17.2 Å². The van der Waals surface area contributed by atoms with Crippen LogP contribution in [0.1, 0.15) is 31.1 Å². The number of anilines is 2. The molecule has 8 heteroatoms. The molecule has 0 aromatic heterocycles. The van der Waals surface area contributed by atoms with Crippen LogP contribution in [0.25, 0.3) is 0 Å². The monoisotopic (exact) mass is 389 g/mol. The lowest BCUT2D eigenvalue weighted by atomic mass is 10.2. The average Bonchev–Trinajstić information content (AvgIpc) is 2.61. The van der Waals surface area contributed by atoms with Crippen molar-refractivity contribution in [1.29, 1.82) is 0 Å². The Labute approximate surface area is 159 Å². The highest BCUT2D eigenvalue weighted by Crippen LogP contribution is 2.16. The third-order valence-corrected chi connectivity index (χ3v) is 4.97. The number of carbonyl (C=O) groups is 2. The molecule has 0 saturated heterocycles. The van der Waals surface area contributed by atoms with Gasteiger partial charge in [-0.25, -0.2) is 13.1 Å². The zero-order chi connectivity index (χ0) is 20.0. The van der Waals surface area contributed by atoms with Crippen molar-refractivity contribution in [2.45, 2.75) is 25.7 Å². The molecule has 0 bridgehead atoms. The predicted molar refractivity (Wildman–Crippen MR) is 105 cm³/mol. The Morgan fingerprint density at radius 1 is 0.963 bits per heavy atom. The Morgan fingerprint density at radius 2 is 1.56 bits per heavy atom. The van der Waals surface area contributed by atoms with E-state index in [2.05, 4.69) is 15.4 Å². The summed E-state index contributed by atoms with van der Waals surface area (Å²) < 4.78 is 27.2. The maximum Gasteiger partial charge on any atom is 0.255 e. The third-order valence-electron chi connectivity index (χ3n) is 3.55. The van der Waals surface area contributed by atoms with Gasteiger partial charge in [-0.3, -0.25) is 9.59 Å². The first-order chi connectivity index (χ1) is 12.7. The summed E-state index contributed by atoms with van der Waals surface area (Å²) >= 11 is 0. The van der Waals surface area contributed by atoms with E-state index in [4.69, 9.17) is 0 Å². The van der Waals surface area contributed by atoms with Gasteiger partial charge in [-0.05, 0) is 48.4 Å². The second kappa shape index (κ2) is 8.79. The second-order valence-corrected chi connectivity index (χ2v) is 8.25. The van der Waals surface area contributed by atoms with Crippen molar-refractivity contribution < 1.29 is 18.0 Å². The van der Waals surface area contributed by atoms with Crippen LogP contribution in [0, 0.1) is 5.92 Å². The van der Waals surface area contributed by atoms with E-state index in [-0.39, 0.29) is 22.3 Å². The molecule has 3 N–H and O–H groups in total. The molecule has 7 nitrogen and oxygen atoms in total. The minimum Gasteiger partial charge on any atom is -0.326 e. The maximum atomic E-state index is 12.4. The summed E-state index contributed by atoms with van der Waals surface area (Å²) in [6.45, 7) is 5.54. The van der Waals surface area contributed by atoms with Crippen LogP contribution in [0.4, 0.5) is 11.4 Å². The molecule has 2 rings (SSSR count). The van der Waals surface area contributed by atoms with Crippen molar-refractivity contribution in [3.05, 3.63) is 54.1 Å². The van der Waals surface area contributed by atoms with E-state index in [1.54, 1.807) is 30.3 Å². The lowest BCUT2D eigenvalue weighted by Gasteiger charge is -2.10. The van der Waals surface area contributed by atoms with E-state index >= 15 is 0 Å². The van der Waals surface area contributed by atoms with Crippen molar-refractivity contribution >= 4 is 33.2 Å². The van der Waals surface area contributed by atoms with Gasteiger partial charge in [0, 0.05) is 30.4 Å². The molecule has 0 aliphatic rings. The number of benzene rings is 2. The molecule has 2 aromatic rings. The Bertz CT molecular complexity index is 922. The van der Waals surface area contributed by atoms with E-state index in [9.17, 15) is 18.0 Å². The van der Waals surface area contributed by atoms with Crippen molar-refractivity contribution in [2.24, 2.45) is 5.92 Å². The van der Waals surface area contributed by atoms with Crippen molar-refractivity contribution in [3.8, 4) is 0 Å². The van der Waals surface area contributed by atoms with E-state index in [1.165, 1.54) is 25.1 Å². The summed E-state index contributed by atoms with van der Waals surface area (Å²) in [6, 6.07) is 12.5. The van der Waals surface area contributed by atoms with Gasteiger partial charge in [-0.15, -0.1) is 0 Å². The first kappa shape index (κ1) is 20.6. The Balaban J connectivity index is 2.12. The standard InChI is InChI=1S/C19H23N3O4S/c1-13(2)12-20-27(25,26)18-6-4-5-15(11-18)19(24)22-17-9-7-16(8-10-17)21-14(3)23/h4-11,13,20H,12H2,1-3H3,(H,21,23)(H,22,24). The number of rotatable bonds is 7.